The fourth-order valence-electron chi connectivity index (χ4n) is 2.51. The zero-order chi connectivity index (χ0) is 15.3. The van der Waals surface area contributed by atoms with Crippen molar-refractivity contribution in [2.75, 3.05) is 27.9 Å². The van der Waals surface area contributed by atoms with Gasteiger partial charge in [0.2, 0.25) is 5.91 Å². The molecule has 0 bridgehead atoms. The molecule has 1 aliphatic rings. The van der Waals surface area contributed by atoms with Gasteiger partial charge in [0.25, 0.3) is 0 Å². The van der Waals surface area contributed by atoms with Crippen molar-refractivity contribution in [1.82, 2.24) is 5.32 Å². The molecule has 0 spiro atoms. The van der Waals surface area contributed by atoms with Crippen LogP contribution in [0.3, 0.4) is 0 Å². The highest BCUT2D eigenvalue weighted by Crippen LogP contribution is 2.48. The zero-order valence-electron chi connectivity index (χ0n) is 12.1. The maximum Gasteiger partial charge on any atom is 0.472 e. The Morgan fingerprint density at radius 1 is 1.35 bits per heavy atom. The lowest BCUT2D eigenvalue weighted by Crippen LogP contribution is -2.44. The average molecular weight is 311 g/mol. The third-order valence-electron chi connectivity index (χ3n) is 3.27. The van der Waals surface area contributed by atoms with E-state index in [2.05, 4.69) is 9.84 Å². The van der Waals surface area contributed by atoms with Crippen molar-refractivity contribution in [3.63, 3.8) is 0 Å². The number of ether oxygens (including phenoxy) is 2. The first-order valence-electron chi connectivity index (χ1n) is 6.20. The Morgan fingerprint density at radius 2 is 2.00 bits per heavy atom. The van der Waals surface area contributed by atoms with Gasteiger partial charge >= 0.3 is 7.82 Å². The van der Waals surface area contributed by atoms with Gasteiger partial charge in [0.15, 0.2) is 0 Å². The van der Waals surface area contributed by atoms with E-state index in [1.165, 1.54) is 21.1 Å². The molecule has 2 unspecified atom stereocenters. The second-order valence-corrected chi connectivity index (χ2v) is 6.19. The standard InChI is InChI=1S/C11H22NO7P/c1-7(13)12-9-5-8(6-16-2)10(11(9)17-3)19-20(14,15)18-4/h8-11H,5-6H2,1-4H3,(H,12,13)(H,14,15)/t8-,9+,10?,11-/m1/s1. The Kier molecular flexibility index (Phi) is 6.57. The molecule has 9 heteroatoms. The lowest BCUT2D eigenvalue weighted by molar-refractivity contribution is -0.120. The van der Waals surface area contributed by atoms with Gasteiger partial charge in [0.05, 0.1) is 12.6 Å². The summed E-state index contributed by atoms with van der Waals surface area (Å²) >= 11 is 0. The molecule has 118 valence electrons. The van der Waals surface area contributed by atoms with Crippen LogP contribution in [0.25, 0.3) is 0 Å². The smallest absolute Gasteiger partial charge is 0.384 e. The largest absolute Gasteiger partial charge is 0.472 e. The molecule has 0 aromatic rings. The van der Waals surface area contributed by atoms with Gasteiger partial charge in [0.1, 0.15) is 12.2 Å². The van der Waals surface area contributed by atoms with E-state index < -0.39 is 20.0 Å². The topological polar surface area (TPSA) is 103 Å². The Balaban J connectivity index is 2.89. The summed E-state index contributed by atoms with van der Waals surface area (Å²) in [6, 6.07) is -0.306. The minimum atomic E-state index is -4.14. The van der Waals surface area contributed by atoms with Crippen LogP contribution in [0.2, 0.25) is 0 Å². The molecular weight excluding hydrogens is 289 g/mol. The number of phosphoric ester groups is 1. The Hall–Kier alpha value is -0.500. The molecule has 0 aliphatic heterocycles. The summed E-state index contributed by atoms with van der Waals surface area (Å²) in [5.41, 5.74) is 0. The van der Waals surface area contributed by atoms with E-state index in [4.69, 9.17) is 14.0 Å². The van der Waals surface area contributed by atoms with Crippen LogP contribution in [-0.4, -0.2) is 57.0 Å². The van der Waals surface area contributed by atoms with Gasteiger partial charge in [-0.25, -0.2) is 4.57 Å². The second-order valence-electron chi connectivity index (χ2n) is 4.68. The number of carbonyl (C=O) groups is 1. The van der Waals surface area contributed by atoms with E-state index in [0.29, 0.717) is 13.0 Å². The summed E-state index contributed by atoms with van der Waals surface area (Å²) in [5, 5.41) is 2.75. The summed E-state index contributed by atoms with van der Waals surface area (Å²) in [4.78, 5) is 20.7. The van der Waals surface area contributed by atoms with Crippen molar-refractivity contribution in [3.8, 4) is 0 Å². The fourth-order valence-corrected chi connectivity index (χ4v) is 3.20. The van der Waals surface area contributed by atoms with Gasteiger partial charge in [-0.05, 0) is 6.42 Å². The third-order valence-corrected chi connectivity index (χ3v) is 4.24. The molecule has 1 amide bonds. The van der Waals surface area contributed by atoms with Crippen molar-refractivity contribution in [1.29, 1.82) is 0 Å². The highest BCUT2D eigenvalue weighted by atomic mass is 31.2. The molecular formula is C11H22NO7P. The minimum absolute atomic E-state index is 0.183. The zero-order valence-corrected chi connectivity index (χ0v) is 13.0. The average Bonchev–Trinajstić information content (AvgIpc) is 2.66. The monoisotopic (exact) mass is 311 g/mol. The quantitative estimate of drug-likeness (QED) is 0.652. The molecule has 2 N–H and O–H groups in total. The van der Waals surface area contributed by atoms with Gasteiger partial charge in [-0.2, -0.15) is 0 Å². The highest BCUT2D eigenvalue weighted by molar-refractivity contribution is 7.47. The number of rotatable bonds is 7. The normalized spacial score (nSPS) is 32.9. The lowest BCUT2D eigenvalue weighted by atomic mass is 10.1. The maximum absolute atomic E-state index is 11.6. The van der Waals surface area contributed by atoms with E-state index in [0.717, 1.165) is 7.11 Å². The number of amides is 1. The van der Waals surface area contributed by atoms with E-state index in [-0.39, 0.29) is 17.9 Å². The number of methoxy groups -OCH3 is 2. The van der Waals surface area contributed by atoms with Crippen LogP contribution in [0.4, 0.5) is 0 Å². The Labute approximate surface area is 118 Å². The molecule has 0 saturated heterocycles. The van der Waals surface area contributed by atoms with E-state index in [1.807, 2.05) is 0 Å². The molecule has 0 radical (unpaired) electrons. The summed E-state index contributed by atoms with van der Waals surface area (Å²) < 4.78 is 31.6. The fraction of sp³-hybridized carbons (Fsp3) is 0.909. The molecule has 1 rings (SSSR count). The molecule has 1 aliphatic carbocycles. The van der Waals surface area contributed by atoms with Gasteiger partial charge in [0, 0.05) is 34.2 Å². The molecule has 1 fully saturated rings. The summed E-state index contributed by atoms with van der Waals surface area (Å²) in [5.74, 6) is -0.384. The molecule has 8 nitrogen and oxygen atoms in total. The van der Waals surface area contributed by atoms with Gasteiger partial charge < -0.3 is 19.7 Å². The van der Waals surface area contributed by atoms with Crippen molar-refractivity contribution in [2.24, 2.45) is 5.92 Å². The van der Waals surface area contributed by atoms with Crippen LogP contribution in [0.1, 0.15) is 13.3 Å². The molecule has 1 saturated carbocycles. The lowest BCUT2D eigenvalue weighted by Gasteiger charge is -2.26. The summed E-state index contributed by atoms with van der Waals surface area (Å²) in [7, 11) is -0.0660. The molecule has 0 heterocycles. The first-order chi connectivity index (χ1) is 9.34. The highest BCUT2D eigenvalue weighted by Gasteiger charge is 2.47. The number of phosphoric acid groups is 1. The van der Waals surface area contributed by atoms with E-state index in [1.54, 1.807) is 0 Å². The van der Waals surface area contributed by atoms with Crippen LogP contribution in [-0.2, 0) is 27.9 Å². The minimum Gasteiger partial charge on any atom is -0.384 e. The number of carbonyl (C=O) groups excluding carboxylic acids is 1. The molecule has 0 aromatic heterocycles. The van der Waals surface area contributed by atoms with Crippen molar-refractivity contribution in [2.45, 2.75) is 31.6 Å². The summed E-state index contributed by atoms with van der Waals surface area (Å²) in [6.07, 6.45) is -0.720. The SMILES string of the molecule is COC[C@H]1C[C@H](NC(C)=O)[C@@H](OC)C1OP(=O)(O)OC. The van der Waals surface area contributed by atoms with Gasteiger partial charge in [-0.3, -0.25) is 13.8 Å². The first-order valence-corrected chi connectivity index (χ1v) is 7.70. The Bertz CT molecular complexity index is 378. The van der Waals surface area contributed by atoms with Crippen molar-refractivity contribution in [3.05, 3.63) is 0 Å². The van der Waals surface area contributed by atoms with Crippen molar-refractivity contribution >= 4 is 13.7 Å². The summed E-state index contributed by atoms with van der Waals surface area (Å²) in [6.45, 7) is 1.72. The molecule has 5 atom stereocenters. The first kappa shape index (κ1) is 17.6. The molecule has 0 aromatic carbocycles. The third kappa shape index (κ3) is 4.51. The number of hydrogen-bond acceptors (Lipinski definition) is 6. The van der Waals surface area contributed by atoms with Crippen LogP contribution in [0, 0.1) is 5.92 Å². The number of hydrogen-bond donors (Lipinski definition) is 2. The number of nitrogens with one attached hydrogen (secondary N) is 1. The van der Waals surface area contributed by atoms with Crippen LogP contribution >= 0.6 is 7.82 Å². The van der Waals surface area contributed by atoms with Crippen LogP contribution < -0.4 is 5.32 Å². The van der Waals surface area contributed by atoms with Crippen LogP contribution in [0.5, 0.6) is 0 Å². The second kappa shape index (κ2) is 7.49. The predicted molar refractivity (Wildman–Crippen MR) is 70.1 cm³/mol. The van der Waals surface area contributed by atoms with Gasteiger partial charge in [-0.1, -0.05) is 0 Å². The van der Waals surface area contributed by atoms with Crippen LogP contribution in [0.15, 0.2) is 0 Å². The van der Waals surface area contributed by atoms with E-state index in [9.17, 15) is 14.3 Å². The Morgan fingerprint density at radius 3 is 2.45 bits per heavy atom. The van der Waals surface area contributed by atoms with Gasteiger partial charge in [-0.15, -0.1) is 0 Å². The molecule has 20 heavy (non-hydrogen) atoms. The van der Waals surface area contributed by atoms with E-state index >= 15 is 0 Å². The van der Waals surface area contributed by atoms with Crippen molar-refractivity contribution < 1.29 is 32.8 Å². The predicted octanol–water partition coefficient (Wildman–Crippen LogP) is 0.304. The maximum atomic E-state index is 11.6.